The first-order chi connectivity index (χ1) is 16.3. The molecule has 0 saturated heterocycles. The standard InChI is InChI=1S/C24H23Cl2N3O4S/c1-33-21-9-11-22(12-10-21)34(31,32)29(14-13-18-5-3-2-4-6-18)17-24(30)28-27-16-19-7-8-20(25)15-23(19)26/h2-12,15-16H,13-14,17H2,1H3,(H,28,30)/b27-16-. The van der Waals surface area contributed by atoms with Crippen molar-refractivity contribution in [1.29, 1.82) is 0 Å². The van der Waals surface area contributed by atoms with Gasteiger partial charge < -0.3 is 4.74 Å². The lowest BCUT2D eigenvalue weighted by Gasteiger charge is -2.21. The third-order valence-electron chi connectivity index (χ3n) is 4.87. The SMILES string of the molecule is COc1ccc(S(=O)(=O)N(CCc2ccccc2)CC(=O)N/N=C\c2ccc(Cl)cc2Cl)cc1. The Morgan fingerprint density at radius 2 is 1.76 bits per heavy atom. The molecule has 0 fully saturated rings. The molecule has 0 aromatic heterocycles. The first kappa shape index (κ1) is 25.7. The molecule has 0 heterocycles. The number of carbonyl (C=O) groups excluding carboxylic acids is 1. The summed E-state index contributed by atoms with van der Waals surface area (Å²) in [6.45, 7) is -0.300. The summed E-state index contributed by atoms with van der Waals surface area (Å²) in [6, 6.07) is 20.3. The number of halogens is 2. The number of rotatable bonds is 10. The summed E-state index contributed by atoms with van der Waals surface area (Å²) < 4.78 is 32.8. The fraction of sp³-hybridized carbons (Fsp3) is 0.167. The van der Waals surface area contributed by atoms with E-state index in [1.807, 2.05) is 30.3 Å². The Kier molecular flexibility index (Phi) is 9.06. The van der Waals surface area contributed by atoms with Crippen LogP contribution in [0.25, 0.3) is 0 Å². The Balaban J connectivity index is 1.75. The molecule has 0 bridgehead atoms. The molecule has 0 saturated carbocycles. The number of benzene rings is 3. The molecule has 0 aliphatic carbocycles. The van der Waals surface area contributed by atoms with Crippen molar-refractivity contribution in [1.82, 2.24) is 9.73 Å². The van der Waals surface area contributed by atoms with Crippen molar-refractivity contribution in [3.63, 3.8) is 0 Å². The minimum atomic E-state index is -3.95. The Labute approximate surface area is 209 Å². The molecule has 1 amide bonds. The van der Waals surface area contributed by atoms with E-state index >= 15 is 0 Å². The molecule has 10 heteroatoms. The molecule has 3 aromatic carbocycles. The van der Waals surface area contributed by atoms with Crippen molar-refractivity contribution >= 4 is 45.3 Å². The normalized spacial score (nSPS) is 11.6. The van der Waals surface area contributed by atoms with Crippen molar-refractivity contribution in [2.75, 3.05) is 20.2 Å². The molecule has 0 aliphatic rings. The minimum absolute atomic E-state index is 0.0607. The van der Waals surface area contributed by atoms with Crippen LogP contribution in [0.15, 0.2) is 82.8 Å². The second kappa shape index (κ2) is 12.0. The average Bonchev–Trinajstić information content (AvgIpc) is 2.83. The Morgan fingerprint density at radius 1 is 1.06 bits per heavy atom. The number of hydrogen-bond donors (Lipinski definition) is 1. The first-order valence-electron chi connectivity index (χ1n) is 10.2. The third-order valence-corrected chi connectivity index (χ3v) is 7.29. The molecule has 3 rings (SSSR count). The topological polar surface area (TPSA) is 88.1 Å². The molecule has 3 aromatic rings. The highest BCUT2D eigenvalue weighted by Crippen LogP contribution is 2.21. The van der Waals surface area contributed by atoms with Crippen molar-refractivity contribution in [2.24, 2.45) is 5.10 Å². The van der Waals surface area contributed by atoms with Crippen LogP contribution >= 0.6 is 23.2 Å². The molecular formula is C24H23Cl2N3O4S. The molecule has 0 unspecified atom stereocenters. The summed E-state index contributed by atoms with van der Waals surface area (Å²) in [4.78, 5) is 12.6. The van der Waals surface area contributed by atoms with Crippen LogP contribution in [0.2, 0.25) is 10.0 Å². The summed E-state index contributed by atoms with van der Waals surface area (Å²) >= 11 is 12.0. The number of hydrogen-bond acceptors (Lipinski definition) is 5. The fourth-order valence-corrected chi connectivity index (χ4v) is 4.91. The number of sulfonamides is 1. The van der Waals surface area contributed by atoms with E-state index in [0.29, 0.717) is 27.8 Å². The number of hydrazone groups is 1. The molecule has 0 radical (unpaired) electrons. The van der Waals surface area contributed by atoms with E-state index in [4.69, 9.17) is 27.9 Å². The molecule has 7 nitrogen and oxygen atoms in total. The van der Waals surface area contributed by atoms with Crippen LogP contribution in [-0.2, 0) is 21.2 Å². The summed E-state index contributed by atoms with van der Waals surface area (Å²) in [7, 11) is -2.45. The summed E-state index contributed by atoms with van der Waals surface area (Å²) in [6.07, 6.45) is 1.80. The smallest absolute Gasteiger partial charge is 0.255 e. The quantitative estimate of drug-likeness (QED) is 0.318. The van der Waals surface area contributed by atoms with Crippen LogP contribution in [0.1, 0.15) is 11.1 Å². The molecular weight excluding hydrogens is 497 g/mol. The lowest BCUT2D eigenvalue weighted by molar-refractivity contribution is -0.121. The van der Waals surface area contributed by atoms with Gasteiger partial charge in [-0.2, -0.15) is 9.41 Å². The Bertz CT molecular complexity index is 1250. The Hall–Kier alpha value is -2.91. The minimum Gasteiger partial charge on any atom is -0.497 e. The predicted octanol–water partition coefficient (Wildman–Crippen LogP) is 4.39. The zero-order valence-corrected chi connectivity index (χ0v) is 20.6. The largest absolute Gasteiger partial charge is 0.497 e. The lowest BCUT2D eigenvalue weighted by atomic mass is 10.1. The second-order valence-corrected chi connectivity index (χ2v) is 9.99. The molecule has 1 N–H and O–H groups in total. The second-order valence-electron chi connectivity index (χ2n) is 7.21. The molecule has 178 valence electrons. The third kappa shape index (κ3) is 7.04. The van der Waals surface area contributed by atoms with Gasteiger partial charge in [-0.15, -0.1) is 0 Å². The van der Waals surface area contributed by atoms with Gasteiger partial charge in [-0.25, -0.2) is 13.8 Å². The fourth-order valence-electron chi connectivity index (χ4n) is 3.06. The van der Waals surface area contributed by atoms with E-state index in [-0.39, 0.29) is 11.4 Å². The maximum Gasteiger partial charge on any atom is 0.255 e. The van der Waals surface area contributed by atoms with E-state index in [1.54, 1.807) is 30.3 Å². The van der Waals surface area contributed by atoms with Gasteiger partial charge in [-0.3, -0.25) is 4.79 Å². The van der Waals surface area contributed by atoms with E-state index in [0.717, 1.165) is 9.87 Å². The monoisotopic (exact) mass is 519 g/mol. The van der Waals surface area contributed by atoms with Gasteiger partial charge in [-0.05, 0) is 48.4 Å². The maximum atomic E-state index is 13.3. The highest BCUT2D eigenvalue weighted by atomic mass is 35.5. The summed E-state index contributed by atoms with van der Waals surface area (Å²) in [5.74, 6) is -0.0609. The van der Waals surface area contributed by atoms with Gasteiger partial charge in [0.25, 0.3) is 5.91 Å². The number of amides is 1. The predicted molar refractivity (Wildman–Crippen MR) is 134 cm³/mol. The van der Waals surface area contributed by atoms with Gasteiger partial charge in [0.1, 0.15) is 5.75 Å². The van der Waals surface area contributed by atoms with E-state index < -0.39 is 22.5 Å². The number of nitrogens with one attached hydrogen (secondary N) is 1. The number of nitrogens with zero attached hydrogens (tertiary/aromatic N) is 2. The Morgan fingerprint density at radius 3 is 2.41 bits per heavy atom. The van der Waals surface area contributed by atoms with Crippen LogP contribution in [0.3, 0.4) is 0 Å². The number of methoxy groups -OCH3 is 1. The van der Waals surface area contributed by atoms with Crippen LogP contribution in [0, 0.1) is 0 Å². The maximum absolute atomic E-state index is 13.3. The highest BCUT2D eigenvalue weighted by Gasteiger charge is 2.26. The average molecular weight is 520 g/mol. The van der Waals surface area contributed by atoms with Crippen molar-refractivity contribution in [2.45, 2.75) is 11.3 Å². The van der Waals surface area contributed by atoms with Crippen molar-refractivity contribution in [3.05, 3.63) is 94.0 Å². The zero-order chi connectivity index (χ0) is 24.6. The van der Waals surface area contributed by atoms with Gasteiger partial charge in [-0.1, -0.05) is 59.6 Å². The van der Waals surface area contributed by atoms with Gasteiger partial charge in [0.2, 0.25) is 10.0 Å². The lowest BCUT2D eigenvalue weighted by Crippen LogP contribution is -2.40. The summed E-state index contributed by atoms with van der Waals surface area (Å²) in [5, 5.41) is 4.74. The van der Waals surface area contributed by atoms with Crippen LogP contribution < -0.4 is 10.2 Å². The van der Waals surface area contributed by atoms with Crippen molar-refractivity contribution < 1.29 is 17.9 Å². The van der Waals surface area contributed by atoms with Gasteiger partial charge in [0, 0.05) is 17.1 Å². The first-order valence-corrected chi connectivity index (χ1v) is 12.4. The highest BCUT2D eigenvalue weighted by molar-refractivity contribution is 7.89. The number of ether oxygens (including phenoxy) is 1. The van der Waals surface area contributed by atoms with Gasteiger partial charge >= 0.3 is 0 Å². The molecule has 34 heavy (non-hydrogen) atoms. The van der Waals surface area contributed by atoms with E-state index in [9.17, 15) is 13.2 Å². The zero-order valence-electron chi connectivity index (χ0n) is 18.3. The van der Waals surface area contributed by atoms with Gasteiger partial charge in [0.15, 0.2) is 0 Å². The van der Waals surface area contributed by atoms with Crippen LogP contribution in [0.5, 0.6) is 5.75 Å². The van der Waals surface area contributed by atoms with Gasteiger partial charge in [0.05, 0.1) is 29.8 Å². The molecule has 0 aliphatic heterocycles. The number of carbonyl (C=O) groups is 1. The summed E-state index contributed by atoms with van der Waals surface area (Å²) in [5.41, 5.74) is 3.86. The molecule has 0 atom stereocenters. The van der Waals surface area contributed by atoms with Crippen LogP contribution in [-0.4, -0.2) is 45.0 Å². The van der Waals surface area contributed by atoms with Crippen molar-refractivity contribution in [3.8, 4) is 5.75 Å². The molecule has 0 spiro atoms. The van der Waals surface area contributed by atoms with Crippen LogP contribution in [0.4, 0.5) is 0 Å². The van der Waals surface area contributed by atoms with E-state index in [2.05, 4.69) is 10.5 Å². The van der Waals surface area contributed by atoms with E-state index in [1.165, 1.54) is 25.5 Å².